The summed E-state index contributed by atoms with van der Waals surface area (Å²) in [6.45, 7) is 4.03. The Labute approximate surface area is 145 Å². The van der Waals surface area contributed by atoms with Crippen LogP contribution in [0.2, 0.25) is 0 Å². The zero-order valence-electron chi connectivity index (χ0n) is 13.7. The Kier molecular flexibility index (Phi) is 6.22. The van der Waals surface area contributed by atoms with Crippen LogP contribution in [-0.4, -0.2) is 24.1 Å². The molecule has 0 N–H and O–H groups in total. The molecule has 0 spiro atoms. The molecule has 0 atom stereocenters. The number of halogens is 1. The van der Waals surface area contributed by atoms with E-state index in [9.17, 15) is 9.59 Å². The van der Waals surface area contributed by atoms with Crippen molar-refractivity contribution in [1.29, 1.82) is 0 Å². The molecule has 0 unspecified atom stereocenters. The number of hydrogen-bond donors (Lipinski definition) is 0. The summed E-state index contributed by atoms with van der Waals surface area (Å²) in [5, 5.41) is 0. The first-order chi connectivity index (χ1) is 11.0. The molecular formula is C18H23BrO4. The number of rotatable bonds is 5. The van der Waals surface area contributed by atoms with E-state index in [1.165, 1.54) is 0 Å². The highest BCUT2D eigenvalue weighted by Crippen LogP contribution is 2.33. The second-order valence-electron chi connectivity index (χ2n) is 6.01. The standard InChI is InChI=1S/C18H23BrO4/c1-3-22-17(21)18(9-5-4-6-10-18)23-16(20)12-14-7-8-15(19)13(2)11-14/h7-8,11H,3-6,9-10,12H2,1-2H3. The van der Waals surface area contributed by atoms with Gasteiger partial charge < -0.3 is 9.47 Å². The maximum atomic E-state index is 12.3. The van der Waals surface area contributed by atoms with Crippen molar-refractivity contribution < 1.29 is 19.1 Å². The Bertz CT molecular complexity index is 576. The van der Waals surface area contributed by atoms with Crippen molar-refractivity contribution in [1.82, 2.24) is 0 Å². The maximum absolute atomic E-state index is 12.3. The molecule has 4 nitrogen and oxygen atoms in total. The first-order valence-corrected chi connectivity index (χ1v) is 8.90. The number of carbonyl (C=O) groups excluding carboxylic acids is 2. The van der Waals surface area contributed by atoms with Crippen LogP contribution in [0.15, 0.2) is 22.7 Å². The number of esters is 2. The summed E-state index contributed by atoms with van der Waals surface area (Å²) in [4.78, 5) is 24.7. The second kappa shape index (κ2) is 7.95. The summed E-state index contributed by atoms with van der Waals surface area (Å²) >= 11 is 3.44. The van der Waals surface area contributed by atoms with Crippen LogP contribution >= 0.6 is 15.9 Å². The van der Waals surface area contributed by atoms with Gasteiger partial charge in [-0.2, -0.15) is 0 Å². The molecule has 0 heterocycles. The summed E-state index contributed by atoms with van der Waals surface area (Å²) in [6, 6.07) is 5.75. The van der Waals surface area contributed by atoms with Crippen molar-refractivity contribution in [3.63, 3.8) is 0 Å². The maximum Gasteiger partial charge on any atom is 0.350 e. The van der Waals surface area contributed by atoms with Gasteiger partial charge in [-0.3, -0.25) is 4.79 Å². The fraction of sp³-hybridized carbons (Fsp3) is 0.556. The fourth-order valence-electron chi connectivity index (χ4n) is 2.97. The highest BCUT2D eigenvalue weighted by molar-refractivity contribution is 9.10. The van der Waals surface area contributed by atoms with E-state index in [4.69, 9.17) is 9.47 Å². The molecule has 0 aromatic heterocycles. The number of ether oxygens (including phenoxy) is 2. The van der Waals surface area contributed by atoms with Crippen molar-refractivity contribution >= 4 is 27.9 Å². The van der Waals surface area contributed by atoms with Gasteiger partial charge in [-0.1, -0.05) is 34.5 Å². The first kappa shape index (κ1) is 18.0. The van der Waals surface area contributed by atoms with E-state index in [2.05, 4.69) is 15.9 Å². The molecule has 5 heteroatoms. The van der Waals surface area contributed by atoms with Gasteiger partial charge in [0.15, 0.2) is 0 Å². The van der Waals surface area contributed by atoms with Crippen molar-refractivity contribution in [2.75, 3.05) is 6.61 Å². The molecule has 2 rings (SSSR count). The minimum atomic E-state index is -1.09. The molecule has 0 bridgehead atoms. The van der Waals surface area contributed by atoms with Crippen molar-refractivity contribution in [2.24, 2.45) is 0 Å². The molecule has 126 valence electrons. The molecule has 1 aliphatic carbocycles. The Hall–Kier alpha value is -1.36. The van der Waals surface area contributed by atoms with Crippen LogP contribution in [0.25, 0.3) is 0 Å². The molecule has 1 saturated carbocycles. The van der Waals surface area contributed by atoms with Gasteiger partial charge in [0.25, 0.3) is 0 Å². The zero-order valence-corrected chi connectivity index (χ0v) is 15.3. The number of hydrogen-bond acceptors (Lipinski definition) is 4. The van der Waals surface area contributed by atoms with Crippen LogP contribution in [-0.2, 0) is 25.5 Å². The van der Waals surface area contributed by atoms with Gasteiger partial charge in [0.05, 0.1) is 13.0 Å². The van der Waals surface area contributed by atoms with Gasteiger partial charge in [-0.15, -0.1) is 0 Å². The third kappa shape index (κ3) is 4.56. The van der Waals surface area contributed by atoms with E-state index in [1.807, 2.05) is 25.1 Å². The first-order valence-electron chi connectivity index (χ1n) is 8.11. The van der Waals surface area contributed by atoms with E-state index < -0.39 is 11.6 Å². The van der Waals surface area contributed by atoms with E-state index >= 15 is 0 Å². The number of benzene rings is 1. The molecule has 0 radical (unpaired) electrons. The van der Waals surface area contributed by atoms with Crippen LogP contribution in [0, 0.1) is 6.92 Å². The van der Waals surface area contributed by atoms with Crippen LogP contribution in [0.3, 0.4) is 0 Å². The topological polar surface area (TPSA) is 52.6 Å². The quantitative estimate of drug-likeness (QED) is 0.719. The number of carbonyl (C=O) groups is 2. The summed E-state index contributed by atoms with van der Waals surface area (Å²) in [5.41, 5.74) is 0.856. The summed E-state index contributed by atoms with van der Waals surface area (Å²) < 4.78 is 11.8. The monoisotopic (exact) mass is 382 g/mol. The zero-order chi connectivity index (χ0) is 16.9. The van der Waals surface area contributed by atoms with E-state index in [0.29, 0.717) is 19.4 Å². The highest BCUT2D eigenvalue weighted by atomic mass is 79.9. The molecule has 0 saturated heterocycles. The lowest BCUT2D eigenvalue weighted by Gasteiger charge is -2.34. The van der Waals surface area contributed by atoms with Crippen molar-refractivity contribution in [3.05, 3.63) is 33.8 Å². The summed E-state index contributed by atoms with van der Waals surface area (Å²) in [7, 11) is 0. The molecule has 0 aliphatic heterocycles. The molecule has 1 aromatic carbocycles. The molecule has 0 amide bonds. The van der Waals surface area contributed by atoms with Crippen LogP contribution in [0.1, 0.15) is 50.2 Å². The SMILES string of the molecule is CCOC(=O)C1(OC(=O)Cc2ccc(Br)c(C)c2)CCCCC1. The minimum absolute atomic E-state index is 0.162. The predicted molar refractivity (Wildman–Crippen MR) is 91.1 cm³/mol. The third-order valence-corrected chi connectivity index (χ3v) is 5.08. The smallest absolute Gasteiger partial charge is 0.350 e. The van der Waals surface area contributed by atoms with Gasteiger partial charge in [-0.25, -0.2) is 4.79 Å². The van der Waals surface area contributed by atoms with Gasteiger partial charge in [0.2, 0.25) is 5.60 Å². The van der Waals surface area contributed by atoms with Crippen molar-refractivity contribution in [3.8, 4) is 0 Å². The van der Waals surface area contributed by atoms with Crippen LogP contribution in [0.5, 0.6) is 0 Å². The lowest BCUT2D eigenvalue weighted by molar-refractivity contribution is -0.186. The lowest BCUT2D eigenvalue weighted by Crippen LogP contribution is -2.46. The third-order valence-electron chi connectivity index (χ3n) is 4.19. The fourth-order valence-corrected chi connectivity index (χ4v) is 3.22. The molecule has 23 heavy (non-hydrogen) atoms. The normalized spacial score (nSPS) is 16.7. The van der Waals surface area contributed by atoms with Gasteiger partial charge in [-0.05, 0) is 56.7 Å². The van der Waals surface area contributed by atoms with E-state index in [-0.39, 0.29) is 12.4 Å². The minimum Gasteiger partial charge on any atom is -0.463 e. The Balaban J connectivity index is 2.07. The Morgan fingerprint density at radius 2 is 1.91 bits per heavy atom. The largest absolute Gasteiger partial charge is 0.463 e. The second-order valence-corrected chi connectivity index (χ2v) is 6.86. The molecule has 1 aliphatic rings. The average molecular weight is 383 g/mol. The molecule has 1 aromatic rings. The van der Waals surface area contributed by atoms with Gasteiger partial charge in [0.1, 0.15) is 0 Å². The summed E-state index contributed by atoms with van der Waals surface area (Å²) in [6.07, 6.45) is 4.08. The molecule has 1 fully saturated rings. The van der Waals surface area contributed by atoms with Crippen molar-refractivity contribution in [2.45, 2.75) is 58.0 Å². The van der Waals surface area contributed by atoms with E-state index in [1.54, 1.807) is 6.92 Å². The lowest BCUT2D eigenvalue weighted by atomic mass is 9.84. The Morgan fingerprint density at radius 1 is 1.22 bits per heavy atom. The molecular weight excluding hydrogens is 360 g/mol. The summed E-state index contributed by atoms with van der Waals surface area (Å²) in [5.74, 6) is -0.776. The number of aryl methyl sites for hydroxylation is 1. The average Bonchev–Trinajstić information content (AvgIpc) is 2.52. The highest BCUT2D eigenvalue weighted by Gasteiger charge is 2.44. The van der Waals surface area contributed by atoms with Gasteiger partial charge >= 0.3 is 11.9 Å². The Morgan fingerprint density at radius 3 is 2.52 bits per heavy atom. The van der Waals surface area contributed by atoms with E-state index in [0.717, 1.165) is 34.9 Å². The van der Waals surface area contributed by atoms with Crippen LogP contribution < -0.4 is 0 Å². The van der Waals surface area contributed by atoms with Gasteiger partial charge in [0, 0.05) is 4.47 Å². The van der Waals surface area contributed by atoms with Crippen LogP contribution in [0.4, 0.5) is 0 Å². The predicted octanol–water partition coefficient (Wildman–Crippen LogP) is 4.11.